The fourth-order valence-corrected chi connectivity index (χ4v) is 4.28. The molecule has 2 heterocycles. The first kappa shape index (κ1) is 19.2. The lowest BCUT2D eigenvalue weighted by Crippen LogP contribution is -2.24. The van der Waals surface area contributed by atoms with Crippen molar-refractivity contribution in [2.75, 3.05) is 4.90 Å². The Morgan fingerprint density at radius 2 is 1.50 bits per heavy atom. The molecule has 0 atom stereocenters. The second kappa shape index (κ2) is 7.47. The molecule has 0 spiro atoms. The predicted molar refractivity (Wildman–Crippen MR) is 121 cm³/mol. The van der Waals surface area contributed by atoms with E-state index in [0.717, 1.165) is 17.1 Å². The van der Waals surface area contributed by atoms with Gasteiger partial charge in [0.25, 0.3) is 5.91 Å². The van der Waals surface area contributed by atoms with E-state index in [9.17, 15) is 4.79 Å². The average Bonchev–Trinajstić information content (AvgIpc) is 3.26. The van der Waals surface area contributed by atoms with Crippen molar-refractivity contribution in [3.05, 3.63) is 99.3 Å². The molecule has 1 aliphatic rings. The van der Waals surface area contributed by atoms with E-state index in [4.69, 9.17) is 39.8 Å². The first-order valence-corrected chi connectivity index (χ1v) is 10.4. The number of rotatable bonds is 3. The molecule has 1 amide bonds. The summed E-state index contributed by atoms with van der Waals surface area (Å²) in [4.78, 5) is 19.6. The number of aromatic nitrogens is 2. The van der Waals surface area contributed by atoms with Crippen molar-refractivity contribution in [1.29, 1.82) is 0 Å². The number of hydrogen-bond donors (Lipinski definition) is 0. The van der Waals surface area contributed by atoms with Crippen LogP contribution in [-0.4, -0.2) is 15.5 Å². The topological polar surface area (TPSA) is 38.1 Å². The van der Waals surface area contributed by atoms with Gasteiger partial charge in [-0.25, -0.2) is 4.98 Å². The minimum Gasteiger partial charge on any atom is -0.301 e. The van der Waals surface area contributed by atoms with Gasteiger partial charge in [0, 0.05) is 27.0 Å². The number of imidazole rings is 1. The van der Waals surface area contributed by atoms with Gasteiger partial charge in [0.1, 0.15) is 5.82 Å². The molecule has 0 N–H and O–H groups in total. The Labute approximate surface area is 188 Å². The van der Waals surface area contributed by atoms with Gasteiger partial charge in [-0.15, -0.1) is 0 Å². The van der Waals surface area contributed by atoms with Crippen molar-refractivity contribution >= 4 is 46.4 Å². The van der Waals surface area contributed by atoms with Gasteiger partial charge < -0.3 is 4.90 Å². The van der Waals surface area contributed by atoms with Crippen molar-refractivity contribution in [3.8, 4) is 17.1 Å². The highest BCUT2D eigenvalue weighted by Gasteiger charge is 2.36. The summed E-state index contributed by atoms with van der Waals surface area (Å²) in [5.74, 6) is 0.445. The van der Waals surface area contributed by atoms with Crippen molar-refractivity contribution in [2.24, 2.45) is 0 Å². The maximum atomic E-state index is 13.2. The highest BCUT2D eigenvalue weighted by molar-refractivity contribution is 6.36. The van der Waals surface area contributed by atoms with Gasteiger partial charge in [0.2, 0.25) is 0 Å². The molecule has 3 aromatic carbocycles. The lowest BCUT2D eigenvalue weighted by molar-refractivity contribution is 0.0992. The van der Waals surface area contributed by atoms with E-state index in [0.29, 0.717) is 38.7 Å². The van der Waals surface area contributed by atoms with Gasteiger partial charge in [-0.3, -0.25) is 9.36 Å². The van der Waals surface area contributed by atoms with Crippen LogP contribution in [0.25, 0.3) is 17.1 Å². The Bertz CT molecular complexity index is 1270. The maximum absolute atomic E-state index is 13.2. The molecule has 0 aliphatic carbocycles. The third-order valence-electron chi connectivity index (χ3n) is 5.05. The second-order valence-electron chi connectivity index (χ2n) is 6.89. The summed E-state index contributed by atoms with van der Waals surface area (Å²) in [6, 6.07) is 22.2. The number of carbonyl (C=O) groups is 1. The van der Waals surface area contributed by atoms with Crippen LogP contribution >= 0.6 is 34.8 Å². The zero-order valence-electron chi connectivity index (χ0n) is 15.5. The van der Waals surface area contributed by atoms with E-state index in [1.807, 2.05) is 65.2 Å². The molecule has 0 unspecified atom stereocenters. The average molecular weight is 455 g/mol. The molecule has 1 aliphatic heterocycles. The number of anilines is 1. The molecular formula is C23H14Cl3N3O. The lowest BCUT2D eigenvalue weighted by atomic mass is 10.2. The van der Waals surface area contributed by atoms with E-state index in [-0.39, 0.29) is 5.91 Å². The minimum absolute atomic E-state index is 0.143. The Morgan fingerprint density at radius 3 is 2.20 bits per heavy atom. The molecule has 30 heavy (non-hydrogen) atoms. The van der Waals surface area contributed by atoms with Crippen molar-refractivity contribution < 1.29 is 4.79 Å². The fourth-order valence-electron chi connectivity index (χ4n) is 3.66. The van der Waals surface area contributed by atoms with Crippen LogP contribution in [0.1, 0.15) is 16.2 Å². The number of nitrogens with zero attached hydrogens (tertiary/aromatic N) is 3. The van der Waals surface area contributed by atoms with Crippen molar-refractivity contribution in [3.63, 3.8) is 0 Å². The van der Waals surface area contributed by atoms with Gasteiger partial charge >= 0.3 is 0 Å². The summed E-state index contributed by atoms with van der Waals surface area (Å²) in [5.41, 5.74) is 3.58. The molecule has 0 fully saturated rings. The van der Waals surface area contributed by atoms with E-state index < -0.39 is 0 Å². The number of carbonyl (C=O) groups excluding carboxylic acids is 1. The quantitative estimate of drug-likeness (QED) is 0.347. The smallest absolute Gasteiger partial charge is 0.279 e. The number of amides is 1. The van der Waals surface area contributed by atoms with Crippen LogP contribution in [-0.2, 0) is 6.54 Å². The maximum Gasteiger partial charge on any atom is 0.279 e. The number of benzene rings is 3. The minimum atomic E-state index is -0.143. The van der Waals surface area contributed by atoms with Gasteiger partial charge in [-0.1, -0.05) is 53.0 Å². The Hall–Kier alpha value is -2.79. The monoisotopic (exact) mass is 453 g/mol. The van der Waals surface area contributed by atoms with E-state index in [2.05, 4.69) is 0 Å². The summed E-state index contributed by atoms with van der Waals surface area (Å²) in [5, 5.41) is 1.63. The summed E-state index contributed by atoms with van der Waals surface area (Å²) in [6.45, 7) is 0.402. The molecule has 4 aromatic rings. The fraction of sp³-hybridized carbons (Fsp3) is 0.0435. The van der Waals surface area contributed by atoms with Crippen LogP contribution < -0.4 is 4.90 Å². The van der Waals surface area contributed by atoms with Crippen LogP contribution in [0.3, 0.4) is 0 Å². The number of hydrogen-bond acceptors (Lipinski definition) is 2. The molecule has 1 aromatic heterocycles. The van der Waals surface area contributed by atoms with Gasteiger partial charge in [0.05, 0.1) is 17.3 Å². The Balaban J connectivity index is 1.70. The molecule has 0 radical (unpaired) electrons. The standard InChI is InChI=1S/C23H14Cl3N3O/c24-14-6-9-17(10-7-14)29-20-13-28(16-4-2-1-3-5-16)23(30)21(20)27-22(29)18-11-8-15(25)12-19(18)26/h1-12H,13H2. The SMILES string of the molecule is O=C1c2nc(-c3ccc(Cl)cc3Cl)n(-c3ccc(Cl)cc3)c2CN1c1ccccc1. The van der Waals surface area contributed by atoms with E-state index in [1.165, 1.54) is 0 Å². The van der Waals surface area contributed by atoms with Gasteiger partial charge in [-0.05, 0) is 54.6 Å². The van der Waals surface area contributed by atoms with Gasteiger partial charge in [0.15, 0.2) is 5.69 Å². The van der Waals surface area contributed by atoms with Gasteiger partial charge in [-0.2, -0.15) is 0 Å². The Kier molecular flexibility index (Phi) is 4.78. The number of para-hydroxylation sites is 1. The van der Waals surface area contributed by atoms with Crippen LogP contribution in [0, 0.1) is 0 Å². The molecule has 148 valence electrons. The summed E-state index contributed by atoms with van der Waals surface area (Å²) in [6.07, 6.45) is 0. The highest BCUT2D eigenvalue weighted by atomic mass is 35.5. The van der Waals surface area contributed by atoms with Crippen LogP contribution in [0.2, 0.25) is 15.1 Å². The highest BCUT2D eigenvalue weighted by Crippen LogP contribution is 2.37. The van der Waals surface area contributed by atoms with Crippen LogP contribution in [0.5, 0.6) is 0 Å². The first-order chi connectivity index (χ1) is 14.5. The van der Waals surface area contributed by atoms with Crippen molar-refractivity contribution in [2.45, 2.75) is 6.54 Å². The molecule has 7 heteroatoms. The largest absolute Gasteiger partial charge is 0.301 e. The molecule has 0 saturated carbocycles. The lowest BCUT2D eigenvalue weighted by Gasteiger charge is -2.18. The zero-order chi connectivity index (χ0) is 20.8. The van der Waals surface area contributed by atoms with Crippen LogP contribution in [0.15, 0.2) is 72.8 Å². The molecule has 5 rings (SSSR count). The van der Waals surface area contributed by atoms with Crippen LogP contribution in [0.4, 0.5) is 5.69 Å². The predicted octanol–water partition coefficient (Wildman–Crippen LogP) is 6.66. The normalized spacial score (nSPS) is 13.0. The summed E-state index contributed by atoms with van der Waals surface area (Å²) < 4.78 is 1.96. The van der Waals surface area contributed by atoms with E-state index in [1.54, 1.807) is 17.0 Å². The molecule has 4 nitrogen and oxygen atoms in total. The molecule has 0 bridgehead atoms. The number of fused-ring (bicyclic) bond motifs is 1. The summed E-state index contributed by atoms with van der Waals surface area (Å²) in [7, 11) is 0. The zero-order valence-corrected chi connectivity index (χ0v) is 17.8. The number of halogens is 3. The first-order valence-electron chi connectivity index (χ1n) is 9.23. The third kappa shape index (κ3) is 3.18. The Morgan fingerprint density at radius 1 is 0.800 bits per heavy atom. The molecular weight excluding hydrogens is 441 g/mol. The molecule has 0 saturated heterocycles. The summed E-state index contributed by atoms with van der Waals surface area (Å²) >= 11 is 18.6. The van der Waals surface area contributed by atoms with E-state index >= 15 is 0 Å². The second-order valence-corrected chi connectivity index (χ2v) is 8.17. The third-order valence-corrected chi connectivity index (χ3v) is 5.85. The van der Waals surface area contributed by atoms with Crippen molar-refractivity contribution in [1.82, 2.24) is 9.55 Å².